The summed E-state index contributed by atoms with van der Waals surface area (Å²) >= 11 is 0. The normalized spacial score (nSPS) is 11.7. The third-order valence-corrected chi connectivity index (χ3v) is 4.46. The largest absolute Gasteiger partial charge is 0.493 e. The molecule has 1 aromatic heterocycles. The lowest BCUT2D eigenvalue weighted by Gasteiger charge is -2.10. The first kappa shape index (κ1) is 17.2. The Morgan fingerprint density at radius 3 is 2.48 bits per heavy atom. The van der Waals surface area contributed by atoms with Crippen LogP contribution in [0.1, 0.15) is 31.5 Å². The highest BCUT2D eigenvalue weighted by Gasteiger charge is 2.18. The van der Waals surface area contributed by atoms with Gasteiger partial charge in [0.2, 0.25) is 15.9 Å². The van der Waals surface area contributed by atoms with Crippen molar-refractivity contribution in [1.29, 1.82) is 0 Å². The first-order valence-corrected chi connectivity index (χ1v) is 8.40. The monoisotopic (exact) mass is 341 g/mol. The fourth-order valence-corrected chi connectivity index (χ4v) is 2.80. The molecule has 0 amide bonds. The van der Waals surface area contributed by atoms with E-state index in [0.717, 1.165) is 0 Å². The summed E-state index contributed by atoms with van der Waals surface area (Å²) in [6, 6.07) is 4.34. The van der Waals surface area contributed by atoms with Gasteiger partial charge in [-0.25, -0.2) is 13.1 Å². The minimum Gasteiger partial charge on any atom is -0.493 e. The number of ether oxygens (including phenoxy) is 2. The van der Waals surface area contributed by atoms with Gasteiger partial charge in [-0.15, -0.1) is 0 Å². The summed E-state index contributed by atoms with van der Waals surface area (Å²) < 4.78 is 42.3. The maximum absolute atomic E-state index is 12.3. The second-order valence-electron chi connectivity index (χ2n) is 5.04. The van der Waals surface area contributed by atoms with E-state index in [4.69, 9.17) is 14.0 Å². The molecular weight excluding hydrogens is 322 g/mol. The summed E-state index contributed by atoms with van der Waals surface area (Å²) in [5, 5.41) is 3.74. The van der Waals surface area contributed by atoms with Crippen molar-refractivity contribution in [2.24, 2.45) is 0 Å². The van der Waals surface area contributed by atoms with Gasteiger partial charge in [-0.1, -0.05) is 19.0 Å². The quantitative estimate of drug-likeness (QED) is 0.817. The molecule has 0 saturated heterocycles. The Hall–Kier alpha value is -2.13. The molecule has 0 saturated carbocycles. The summed E-state index contributed by atoms with van der Waals surface area (Å²) in [6.07, 6.45) is 0. The van der Waals surface area contributed by atoms with Crippen LogP contribution in [-0.4, -0.2) is 32.8 Å². The SMILES string of the molecule is COc1ccc(S(=O)(=O)NCc2noc(C(C)C)n2)cc1OC. The summed E-state index contributed by atoms with van der Waals surface area (Å²) in [7, 11) is -0.816. The molecule has 9 heteroatoms. The molecule has 23 heavy (non-hydrogen) atoms. The zero-order valence-electron chi connectivity index (χ0n) is 13.4. The van der Waals surface area contributed by atoms with Crippen molar-refractivity contribution in [1.82, 2.24) is 14.9 Å². The van der Waals surface area contributed by atoms with Crippen molar-refractivity contribution in [3.8, 4) is 11.5 Å². The lowest BCUT2D eigenvalue weighted by atomic mass is 10.2. The van der Waals surface area contributed by atoms with Gasteiger partial charge >= 0.3 is 0 Å². The molecule has 0 aliphatic rings. The van der Waals surface area contributed by atoms with Crippen LogP contribution in [0, 0.1) is 0 Å². The predicted molar refractivity (Wildman–Crippen MR) is 82.0 cm³/mol. The van der Waals surface area contributed by atoms with E-state index in [0.29, 0.717) is 17.4 Å². The Labute approximate surface area is 134 Å². The lowest BCUT2D eigenvalue weighted by Crippen LogP contribution is -2.23. The number of methoxy groups -OCH3 is 2. The molecule has 126 valence electrons. The van der Waals surface area contributed by atoms with Gasteiger partial charge < -0.3 is 14.0 Å². The molecule has 0 radical (unpaired) electrons. The highest BCUT2D eigenvalue weighted by Crippen LogP contribution is 2.29. The van der Waals surface area contributed by atoms with Crippen LogP contribution in [-0.2, 0) is 16.6 Å². The number of aromatic nitrogens is 2. The summed E-state index contributed by atoms with van der Waals surface area (Å²) in [5.41, 5.74) is 0. The maximum atomic E-state index is 12.3. The van der Waals surface area contributed by atoms with Crippen LogP contribution in [0.2, 0.25) is 0 Å². The van der Waals surface area contributed by atoms with Crippen molar-refractivity contribution < 1.29 is 22.4 Å². The Kier molecular flexibility index (Phi) is 5.22. The van der Waals surface area contributed by atoms with Crippen molar-refractivity contribution in [2.75, 3.05) is 14.2 Å². The molecule has 1 N–H and O–H groups in total. The van der Waals surface area contributed by atoms with E-state index in [2.05, 4.69) is 14.9 Å². The first-order valence-electron chi connectivity index (χ1n) is 6.91. The van der Waals surface area contributed by atoms with E-state index in [1.54, 1.807) is 0 Å². The zero-order valence-corrected chi connectivity index (χ0v) is 14.2. The highest BCUT2D eigenvalue weighted by atomic mass is 32.2. The minimum absolute atomic E-state index is 0.0581. The summed E-state index contributed by atoms with van der Waals surface area (Å²) in [5.74, 6) is 1.60. The number of benzene rings is 1. The second kappa shape index (κ2) is 6.97. The number of hydrogen-bond donors (Lipinski definition) is 1. The molecule has 0 aliphatic carbocycles. The Morgan fingerprint density at radius 2 is 1.91 bits per heavy atom. The van der Waals surface area contributed by atoms with E-state index in [1.165, 1.54) is 32.4 Å². The van der Waals surface area contributed by atoms with Gasteiger partial charge in [0, 0.05) is 12.0 Å². The summed E-state index contributed by atoms with van der Waals surface area (Å²) in [4.78, 5) is 4.18. The molecule has 2 rings (SSSR count). The molecule has 2 aromatic rings. The fourth-order valence-electron chi connectivity index (χ4n) is 1.80. The van der Waals surface area contributed by atoms with E-state index < -0.39 is 10.0 Å². The van der Waals surface area contributed by atoms with E-state index in [9.17, 15) is 8.42 Å². The van der Waals surface area contributed by atoms with Crippen LogP contribution in [0.15, 0.2) is 27.6 Å². The van der Waals surface area contributed by atoms with Crippen LogP contribution >= 0.6 is 0 Å². The van der Waals surface area contributed by atoms with Crippen molar-refractivity contribution in [3.63, 3.8) is 0 Å². The molecule has 0 atom stereocenters. The van der Waals surface area contributed by atoms with E-state index in [1.807, 2.05) is 13.8 Å². The number of nitrogens with one attached hydrogen (secondary N) is 1. The Balaban J connectivity index is 2.15. The van der Waals surface area contributed by atoms with Gasteiger partial charge in [0.15, 0.2) is 17.3 Å². The molecule has 0 fully saturated rings. The van der Waals surface area contributed by atoms with Crippen LogP contribution in [0.25, 0.3) is 0 Å². The van der Waals surface area contributed by atoms with Crippen LogP contribution in [0.3, 0.4) is 0 Å². The summed E-state index contributed by atoms with van der Waals surface area (Å²) in [6.45, 7) is 3.75. The van der Waals surface area contributed by atoms with Crippen molar-refractivity contribution in [2.45, 2.75) is 31.2 Å². The number of rotatable bonds is 7. The standard InChI is InChI=1S/C14H19N3O5S/c1-9(2)14-16-13(17-22-14)8-15-23(18,19)10-5-6-11(20-3)12(7-10)21-4/h5-7,9,15H,8H2,1-4H3. The molecule has 0 spiro atoms. The number of nitrogens with zero attached hydrogens (tertiary/aromatic N) is 2. The molecule has 0 unspecified atom stereocenters. The zero-order chi connectivity index (χ0) is 17.0. The Bertz CT molecular complexity index is 770. The van der Waals surface area contributed by atoms with E-state index in [-0.39, 0.29) is 23.2 Å². The minimum atomic E-state index is -3.73. The average Bonchev–Trinajstić information content (AvgIpc) is 3.01. The van der Waals surface area contributed by atoms with Gasteiger partial charge in [-0.3, -0.25) is 0 Å². The van der Waals surface area contributed by atoms with Gasteiger partial charge in [0.1, 0.15) is 0 Å². The average molecular weight is 341 g/mol. The van der Waals surface area contributed by atoms with Gasteiger partial charge in [-0.05, 0) is 12.1 Å². The lowest BCUT2D eigenvalue weighted by molar-refractivity contribution is 0.354. The van der Waals surface area contributed by atoms with Crippen LogP contribution in [0.4, 0.5) is 0 Å². The number of hydrogen-bond acceptors (Lipinski definition) is 7. The molecule has 0 bridgehead atoms. The molecule has 0 aliphatic heterocycles. The molecule has 8 nitrogen and oxygen atoms in total. The third kappa shape index (κ3) is 3.99. The second-order valence-corrected chi connectivity index (χ2v) is 6.81. The first-order chi connectivity index (χ1) is 10.9. The molecular formula is C14H19N3O5S. The Morgan fingerprint density at radius 1 is 1.22 bits per heavy atom. The van der Waals surface area contributed by atoms with Gasteiger partial charge in [0.25, 0.3) is 0 Å². The number of sulfonamides is 1. The van der Waals surface area contributed by atoms with Crippen molar-refractivity contribution in [3.05, 3.63) is 29.9 Å². The molecule has 1 heterocycles. The molecule has 1 aromatic carbocycles. The topological polar surface area (TPSA) is 104 Å². The van der Waals surface area contributed by atoms with Gasteiger partial charge in [-0.2, -0.15) is 4.98 Å². The predicted octanol–water partition coefficient (Wildman–Crippen LogP) is 1.69. The van der Waals surface area contributed by atoms with E-state index >= 15 is 0 Å². The van der Waals surface area contributed by atoms with Crippen LogP contribution in [0.5, 0.6) is 11.5 Å². The van der Waals surface area contributed by atoms with Crippen LogP contribution < -0.4 is 14.2 Å². The smallest absolute Gasteiger partial charge is 0.241 e. The van der Waals surface area contributed by atoms with Gasteiger partial charge in [0.05, 0.1) is 25.7 Å². The maximum Gasteiger partial charge on any atom is 0.241 e. The van der Waals surface area contributed by atoms with Crippen molar-refractivity contribution >= 4 is 10.0 Å². The fraction of sp³-hybridized carbons (Fsp3) is 0.429. The highest BCUT2D eigenvalue weighted by molar-refractivity contribution is 7.89. The third-order valence-electron chi connectivity index (χ3n) is 3.06.